The molecule has 2 heterocycles. The van der Waals surface area contributed by atoms with Crippen LogP contribution in [-0.4, -0.2) is 24.2 Å². The van der Waals surface area contributed by atoms with Crippen LogP contribution in [0.3, 0.4) is 0 Å². The largest absolute Gasteiger partial charge is 0.475 e. The van der Waals surface area contributed by atoms with Gasteiger partial charge in [0.25, 0.3) is 0 Å². The molecular formula is C12H17ClN2O. The van der Waals surface area contributed by atoms with Crippen molar-refractivity contribution in [1.29, 1.82) is 0 Å². The van der Waals surface area contributed by atoms with Crippen LogP contribution in [0.15, 0.2) is 18.3 Å². The van der Waals surface area contributed by atoms with E-state index in [9.17, 15) is 0 Å². The van der Waals surface area contributed by atoms with E-state index in [-0.39, 0.29) is 0 Å². The maximum absolute atomic E-state index is 5.96. The summed E-state index contributed by atoms with van der Waals surface area (Å²) in [6.45, 7) is 6.18. The normalized spacial score (nSPS) is 23.3. The van der Waals surface area contributed by atoms with Gasteiger partial charge in [-0.15, -0.1) is 0 Å². The zero-order valence-corrected chi connectivity index (χ0v) is 10.4. The number of hydrogen-bond acceptors (Lipinski definition) is 3. The highest BCUT2D eigenvalue weighted by Crippen LogP contribution is 2.28. The lowest BCUT2D eigenvalue weighted by Crippen LogP contribution is -2.28. The van der Waals surface area contributed by atoms with Gasteiger partial charge < -0.3 is 10.1 Å². The summed E-state index contributed by atoms with van der Waals surface area (Å²) < 4.78 is 5.61. The van der Waals surface area contributed by atoms with Crippen LogP contribution in [0, 0.1) is 5.41 Å². The highest BCUT2D eigenvalue weighted by molar-refractivity contribution is 6.31. The number of nitrogens with one attached hydrogen (secondary N) is 1. The predicted octanol–water partition coefficient (Wildman–Crippen LogP) is 2.50. The van der Waals surface area contributed by atoms with E-state index in [0.717, 1.165) is 13.0 Å². The lowest BCUT2D eigenvalue weighted by Gasteiger charge is -2.15. The highest BCUT2D eigenvalue weighted by Gasteiger charge is 2.30. The van der Waals surface area contributed by atoms with Gasteiger partial charge in [-0.1, -0.05) is 25.4 Å². The van der Waals surface area contributed by atoms with Crippen LogP contribution in [0.25, 0.3) is 0 Å². The summed E-state index contributed by atoms with van der Waals surface area (Å²) in [7, 11) is 0. The minimum atomic E-state index is 0.363. The fourth-order valence-electron chi connectivity index (χ4n) is 2.01. The summed E-state index contributed by atoms with van der Waals surface area (Å²) in [4.78, 5) is 4.09. The van der Waals surface area contributed by atoms with Crippen molar-refractivity contribution in [2.45, 2.75) is 26.3 Å². The minimum absolute atomic E-state index is 0.363. The van der Waals surface area contributed by atoms with Crippen LogP contribution in [0.4, 0.5) is 0 Å². The summed E-state index contributed by atoms with van der Waals surface area (Å²) in [5.74, 6) is 0.524. The van der Waals surface area contributed by atoms with Gasteiger partial charge in [-0.3, -0.25) is 0 Å². The summed E-state index contributed by atoms with van der Waals surface area (Å²) in [6.07, 6.45) is 2.81. The molecule has 88 valence electrons. The molecule has 0 radical (unpaired) electrons. The smallest absolute Gasteiger partial charge is 0.232 e. The van der Waals surface area contributed by atoms with Gasteiger partial charge in [-0.05, 0) is 24.0 Å². The Morgan fingerprint density at radius 2 is 2.44 bits per heavy atom. The third-order valence-corrected chi connectivity index (χ3v) is 3.10. The standard InChI is InChI=1S/C12H17ClN2O/c1-12(2)6-9(15-8-12)7-16-11-10(13)4-3-5-14-11/h3-5,9,15H,6-8H2,1-2H3/t9-/m1/s1. The second kappa shape index (κ2) is 4.60. The summed E-state index contributed by atoms with van der Waals surface area (Å²) in [6, 6.07) is 3.98. The average molecular weight is 241 g/mol. The average Bonchev–Trinajstić information content (AvgIpc) is 2.57. The van der Waals surface area contributed by atoms with Crippen molar-refractivity contribution in [3.63, 3.8) is 0 Å². The number of nitrogens with zero attached hydrogens (tertiary/aromatic N) is 1. The number of pyridine rings is 1. The number of aromatic nitrogens is 1. The molecule has 1 aliphatic rings. The zero-order chi connectivity index (χ0) is 11.6. The van der Waals surface area contributed by atoms with Crippen molar-refractivity contribution in [3.8, 4) is 5.88 Å². The lowest BCUT2D eigenvalue weighted by atomic mass is 9.91. The molecule has 0 saturated carbocycles. The van der Waals surface area contributed by atoms with E-state index in [2.05, 4.69) is 24.1 Å². The predicted molar refractivity (Wildman–Crippen MR) is 64.9 cm³/mol. The van der Waals surface area contributed by atoms with Crippen molar-refractivity contribution in [2.75, 3.05) is 13.2 Å². The Morgan fingerprint density at radius 1 is 1.62 bits per heavy atom. The van der Waals surface area contributed by atoms with Crippen molar-refractivity contribution in [3.05, 3.63) is 23.4 Å². The first-order valence-corrected chi connectivity index (χ1v) is 5.91. The fraction of sp³-hybridized carbons (Fsp3) is 0.583. The molecule has 1 atom stereocenters. The molecule has 3 nitrogen and oxygen atoms in total. The van der Waals surface area contributed by atoms with Gasteiger partial charge >= 0.3 is 0 Å². The molecule has 0 bridgehead atoms. The van der Waals surface area contributed by atoms with E-state index in [1.165, 1.54) is 0 Å². The Hall–Kier alpha value is -0.800. The summed E-state index contributed by atoms with van der Waals surface area (Å²) in [5, 5.41) is 4.01. The lowest BCUT2D eigenvalue weighted by molar-refractivity contribution is 0.259. The molecule has 2 rings (SSSR count). The van der Waals surface area contributed by atoms with Gasteiger partial charge in [0, 0.05) is 18.8 Å². The number of rotatable bonds is 3. The fourth-order valence-corrected chi connectivity index (χ4v) is 2.18. The Bertz CT molecular complexity index is 368. The SMILES string of the molecule is CC1(C)CN[C@@H](COc2ncccc2Cl)C1. The Balaban J connectivity index is 1.87. The molecular weight excluding hydrogens is 224 g/mol. The van der Waals surface area contributed by atoms with E-state index < -0.39 is 0 Å². The van der Waals surface area contributed by atoms with Crippen LogP contribution in [-0.2, 0) is 0 Å². The minimum Gasteiger partial charge on any atom is -0.475 e. The molecule has 1 N–H and O–H groups in total. The van der Waals surface area contributed by atoms with E-state index in [0.29, 0.717) is 29.0 Å². The Kier molecular flexibility index (Phi) is 3.36. The first-order valence-electron chi connectivity index (χ1n) is 5.53. The van der Waals surface area contributed by atoms with E-state index in [1.54, 1.807) is 18.3 Å². The molecule has 0 amide bonds. The molecule has 1 aliphatic heterocycles. The monoisotopic (exact) mass is 240 g/mol. The highest BCUT2D eigenvalue weighted by atomic mass is 35.5. The quantitative estimate of drug-likeness (QED) is 0.882. The van der Waals surface area contributed by atoms with Crippen molar-refractivity contribution in [1.82, 2.24) is 10.3 Å². The topological polar surface area (TPSA) is 34.1 Å². The van der Waals surface area contributed by atoms with Crippen molar-refractivity contribution < 1.29 is 4.74 Å². The molecule has 1 aromatic rings. The molecule has 0 unspecified atom stereocenters. The third-order valence-electron chi connectivity index (χ3n) is 2.81. The van der Waals surface area contributed by atoms with Crippen LogP contribution < -0.4 is 10.1 Å². The van der Waals surface area contributed by atoms with Gasteiger partial charge in [0.15, 0.2) is 0 Å². The van der Waals surface area contributed by atoms with Gasteiger partial charge in [0.2, 0.25) is 5.88 Å². The Morgan fingerprint density at radius 3 is 3.06 bits per heavy atom. The first kappa shape index (κ1) is 11.7. The number of ether oxygens (including phenoxy) is 1. The maximum atomic E-state index is 5.96. The van der Waals surface area contributed by atoms with Crippen LogP contribution in [0.1, 0.15) is 20.3 Å². The molecule has 1 saturated heterocycles. The van der Waals surface area contributed by atoms with Crippen molar-refractivity contribution in [2.24, 2.45) is 5.41 Å². The second-order valence-corrected chi connectivity index (χ2v) is 5.45. The van der Waals surface area contributed by atoms with Crippen LogP contribution in [0.5, 0.6) is 5.88 Å². The zero-order valence-electron chi connectivity index (χ0n) is 9.66. The first-order chi connectivity index (χ1) is 7.57. The molecule has 0 aliphatic carbocycles. The molecule has 0 spiro atoms. The third kappa shape index (κ3) is 2.86. The van der Waals surface area contributed by atoms with Gasteiger partial charge in [0.05, 0.1) is 0 Å². The Labute approximate surface area is 101 Å². The molecule has 4 heteroatoms. The van der Waals surface area contributed by atoms with Crippen LogP contribution in [0.2, 0.25) is 5.02 Å². The molecule has 0 aromatic carbocycles. The second-order valence-electron chi connectivity index (χ2n) is 5.05. The molecule has 1 aromatic heterocycles. The van der Waals surface area contributed by atoms with Crippen LogP contribution >= 0.6 is 11.6 Å². The van der Waals surface area contributed by atoms with E-state index in [4.69, 9.17) is 16.3 Å². The number of hydrogen-bond donors (Lipinski definition) is 1. The van der Waals surface area contributed by atoms with Gasteiger partial charge in [-0.25, -0.2) is 4.98 Å². The maximum Gasteiger partial charge on any atom is 0.232 e. The number of halogens is 1. The van der Waals surface area contributed by atoms with E-state index in [1.807, 2.05) is 0 Å². The van der Waals surface area contributed by atoms with Crippen molar-refractivity contribution >= 4 is 11.6 Å². The van der Waals surface area contributed by atoms with Gasteiger partial charge in [-0.2, -0.15) is 0 Å². The molecule has 16 heavy (non-hydrogen) atoms. The summed E-state index contributed by atoms with van der Waals surface area (Å²) in [5.41, 5.74) is 0.363. The van der Waals surface area contributed by atoms with E-state index >= 15 is 0 Å². The van der Waals surface area contributed by atoms with Gasteiger partial charge in [0.1, 0.15) is 11.6 Å². The summed E-state index contributed by atoms with van der Waals surface area (Å²) >= 11 is 5.96. The molecule has 1 fully saturated rings.